The second kappa shape index (κ2) is 7.31. The van der Waals surface area contributed by atoms with Gasteiger partial charge in [-0.3, -0.25) is 4.79 Å². The van der Waals surface area contributed by atoms with Crippen molar-refractivity contribution in [2.24, 2.45) is 0 Å². The lowest BCUT2D eigenvalue weighted by Gasteiger charge is -2.17. The monoisotopic (exact) mass is 370 g/mol. The summed E-state index contributed by atoms with van der Waals surface area (Å²) >= 11 is 0. The van der Waals surface area contributed by atoms with Crippen molar-refractivity contribution in [2.75, 3.05) is 5.32 Å². The van der Waals surface area contributed by atoms with Gasteiger partial charge in [-0.1, -0.05) is 50.2 Å². The van der Waals surface area contributed by atoms with Gasteiger partial charge in [0.2, 0.25) is 0 Å². The Morgan fingerprint density at radius 1 is 1.04 bits per heavy atom. The molecule has 0 aliphatic heterocycles. The van der Waals surface area contributed by atoms with E-state index >= 15 is 0 Å². The largest absolute Gasteiger partial charge is 0.463 e. The highest BCUT2D eigenvalue weighted by Crippen LogP contribution is 2.30. The molecule has 0 spiro atoms. The number of anilines is 1. The van der Waals surface area contributed by atoms with Gasteiger partial charge < -0.3 is 9.73 Å². The van der Waals surface area contributed by atoms with E-state index in [1.54, 1.807) is 12.3 Å². The molecule has 2 aromatic heterocycles. The molecule has 2 heterocycles. The summed E-state index contributed by atoms with van der Waals surface area (Å²) in [6, 6.07) is 19.2. The van der Waals surface area contributed by atoms with E-state index < -0.39 is 0 Å². The Hall–Kier alpha value is -3.40. The third-order valence-corrected chi connectivity index (χ3v) is 4.90. The van der Waals surface area contributed by atoms with E-state index in [9.17, 15) is 4.79 Å². The maximum Gasteiger partial charge on any atom is 0.256 e. The summed E-state index contributed by atoms with van der Waals surface area (Å²) in [5, 5.41) is 3.96. The van der Waals surface area contributed by atoms with Crippen LogP contribution in [-0.4, -0.2) is 10.9 Å². The van der Waals surface area contributed by atoms with Crippen LogP contribution >= 0.6 is 0 Å². The first kappa shape index (κ1) is 18.0. The molecular formula is C24H22N2O2. The van der Waals surface area contributed by atoms with E-state index in [0.717, 1.165) is 27.7 Å². The summed E-state index contributed by atoms with van der Waals surface area (Å²) in [5.74, 6) is 0.796. The fraction of sp³-hybridized carbons (Fsp3) is 0.167. The molecule has 0 unspecified atom stereocenters. The lowest BCUT2D eigenvalue weighted by Crippen LogP contribution is -2.15. The van der Waals surface area contributed by atoms with Crippen LogP contribution in [0.3, 0.4) is 0 Å². The summed E-state index contributed by atoms with van der Waals surface area (Å²) in [4.78, 5) is 18.0. The van der Waals surface area contributed by atoms with Crippen LogP contribution in [0.5, 0.6) is 0 Å². The van der Waals surface area contributed by atoms with Crippen molar-refractivity contribution in [2.45, 2.75) is 26.7 Å². The minimum atomic E-state index is -0.150. The quantitative estimate of drug-likeness (QED) is 0.467. The van der Waals surface area contributed by atoms with Crippen molar-refractivity contribution >= 4 is 22.5 Å². The number of hydrogen-bond donors (Lipinski definition) is 1. The zero-order chi connectivity index (χ0) is 19.7. The van der Waals surface area contributed by atoms with Crippen molar-refractivity contribution in [1.29, 1.82) is 0 Å². The molecule has 0 saturated heterocycles. The number of amides is 1. The molecule has 4 aromatic rings. The molecule has 0 fully saturated rings. The van der Waals surface area contributed by atoms with Gasteiger partial charge in [-0.05, 0) is 48.2 Å². The smallest absolute Gasteiger partial charge is 0.256 e. The second-order valence-electron chi connectivity index (χ2n) is 7.20. The lowest BCUT2D eigenvalue weighted by molar-refractivity contribution is 0.102. The molecule has 4 rings (SSSR count). The molecule has 4 heteroatoms. The summed E-state index contributed by atoms with van der Waals surface area (Å²) in [7, 11) is 0. The van der Waals surface area contributed by atoms with Gasteiger partial charge in [-0.15, -0.1) is 0 Å². The molecule has 0 bridgehead atoms. The standard InChI is InChI=1S/C24H22N2O2/c1-15(2)17-10-6-8-16(3)23(17)26-24(27)19-14-21(22-12-7-13-28-22)25-20-11-5-4-9-18(19)20/h4-15H,1-3H3,(H,26,27). The van der Waals surface area contributed by atoms with Gasteiger partial charge >= 0.3 is 0 Å². The van der Waals surface area contributed by atoms with Crippen LogP contribution in [0.2, 0.25) is 0 Å². The second-order valence-corrected chi connectivity index (χ2v) is 7.20. The van der Waals surface area contributed by atoms with E-state index in [1.807, 2.05) is 55.5 Å². The van der Waals surface area contributed by atoms with Gasteiger partial charge in [0.15, 0.2) is 5.76 Å². The number of carbonyl (C=O) groups is 1. The van der Waals surface area contributed by atoms with Crippen molar-refractivity contribution in [1.82, 2.24) is 4.98 Å². The first-order chi connectivity index (χ1) is 13.5. The number of para-hydroxylation sites is 2. The highest BCUT2D eigenvalue weighted by molar-refractivity contribution is 6.13. The van der Waals surface area contributed by atoms with E-state index in [-0.39, 0.29) is 5.91 Å². The Kier molecular flexibility index (Phi) is 4.70. The van der Waals surface area contributed by atoms with E-state index in [1.165, 1.54) is 0 Å². The van der Waals surface area contributed by atoms with Crippen LogP contribution in [0, 0.1) is 6.92 Å². The molecule has 140 valence electrons. The number of carbonyl (C=O) groups excluding carboxylic acids is 1. The predicted molar refractivity (Wildman–Crippen MR) is 113 cm³/mol. The molecule has 28 heavy (non-hydrogen) atoms. The third kappa shape index (κ3) is 3.29. The molecule has 1 N–H and O–H groups in total. The third-order valence-electron chi connectivity index (χ3n) is 4.90. The van der Waals surface area contributed by atoms with Gasteiger partial charge in [-0.25, -0.2) is 4.98 Å². The molecule has 1 amide bonds. The van der Waals surface area contributed by atoms with Crippen LogP contribution in [0.4, 0.5) is 5.69 Å². The van der Waals surface area contributed by atoms with E-state index in [0.29, 0.717) is 22.9 Å². The molecule has 0 aliphatic rings. The van der Waals surface area contributed by atoms with Gasteiger partial charge in [0.05, 0.1) is 17.3 Å². The number of aryl methyl sites for hydroxylation is 1. The van der Waals surface area contributed by atoms with E-state index in [4.69, 9.17) is 4.42 Å². The van der Waals surface area contributed by atoms with Gasteiger partial charge in [0.1, 0.15) is 5.69 Å². The number of pyridine rings is 1. The van der Waals surface area contributed by atoms with Crippen LogP contribution in [0.1, 0.15) is 41.3 Å². The zero-order valence-electron chi connectivity index (χ0n) is 16.2. The Balaban J connectivity index is 1.82. The zero-order valence-corrected chi connectivity index (χ0v) is 16.2. The molecular weight excluding hydrogens is 348 g/mol. The first-order valence-corrected chi connectivity index (χ1v) is 9.39. The molecule has 0 saturated carbocycles. The van der Waals surface area contributed by atoms with Gasteiger partial charge in [-0.2, -0.15) is 0 Å². The fourth-order valence-corrected chi connectivity index (χ4v) is 3.44. The summed E-state index contributed by atoms with van der Waals surface area (Å²) in [5.41, 5.74) is 5.03. The molecule has 0 atom stereocenters. The van der Waals surface area contributed by atoms with Gasteiger partial charge in [0, 0.05) is 11.1 Å². The van der Waals surface area contributed by atoms with Crippen molar-refractivity contribution in [3.05, 3.63) is 83.6 Å². The van der Waals surface area contributed by atoms with Crippen LogP contribution in [0.15, 0.2) is 71.3 Å². The number of furan rings is 1. The summed E-state index contributed by atoms with van der Waals surface area (Å²) in [6.45, 7) is 6.27. The summed E-state index contributed by atoms with van der Waals surface area (Å²) < 4.78 is 5.50. The minimum Gasteiger partial charge on any atom is -0.463 e. The van der Waals surface area contributed by atoms with Crippen LogP contribution in [0.25, 0.3) is 22.4 Å². The lowest BCUT2D eigenvalue weighted by atomic mass is 9.97. The molecule has 4 nitrogen and oxygen atoms in total. The van der Waals surface area contributed by atoms with Gasteiger partial charge in [0.25, 0.3) is 5.91 Å². The maximum atomic E-state index is 13.3. The Morgan fingerprint density at radius 3 is 2.61 bits per heavy atom. The number of fused-ring (bicyclic) bond motifs is 1. The topological polar surface area (TPSA) is 55.1 Å². The Labute approximate surface area is 164 Å². The SMILES string of the molecule is Cc1cccc(C(C)C)c1NC(=O)c1cc(-c2ccco2)nc2ccccc12. The molecule has 0 radical (unpaired) electrons. The van der Waals surface area contributed by atoms with Crippen molar-refractivity contribution < 1.29 is 9.21 Å². The van der Waals surface area contributed by atoms with Crippen LogP contribution in [-0.2, 0) is 0 Å². The average Bonchev–Trinajstić information content (AvgIpc) is 3.23. The number of rotatable bonds is 4. The van der Waals surface area contributed by atoms with Crippen LogP contribution < -0.4 is 5.32 Å². The number of benzene rings is 2. The first-order valence-electron chi connectivity index (χ1n) is 9.39. The number of hydrogen-bond acceptors (Lipinski definition) is 3. The maximum absolute atomic E-state index is 13.3. The van der Waals surface area contributed by atoms with E-state index in [2.05, 4.69) is 30.2 Å². The van der Waals surface area contributed by atoms with Crippen molar-refractivity contribution in [3.63, 3.8) is 0 Å². The average molecular weight is 370 g/mol. The number of nitrogens with one attached hydrogen (secondary N) is 1. The number of nitrogens with zero attached hydrogens (tertiary/aromatic N) is 1. The van der Waals surface area contributed by atoms with Crippen molar-refractivity contribution in [3.8, 4) is 11.5 Å². The fourth-order valence-electron chi connectivity index (χ4n) is 3.44. The normalized spacial score (nSPS) is 11.1. The highest BCUT2D eigenvalue weighted by atomic mass is 16.3. The minimum absolute atomic E-state index is 0.150. The molecule has 2 aromatic carbocycles. The molecule has 0 aliphatic carbocycles. The Bertz CT molecular complexity index is 1140. The number of aromatic nitrogens is 1. The highest BCUT2D eigenvalue weighted by Gasteiger charge is 2.18. The summed E-state index contributed by atoms with van der Waals surface area (Å²) in [6.07, 6.45) is 1.61. The predicted octanol–water partition coefficient (Wildman–Crippen LogP) is 6.18. The Morgan fingerprint density at radius 2 is 1.86 bits per heavy atom.